The van der Waals surface area contributed by atoms with Gasteiger partial charge in [-0.1, -0.05) is 18.7 Å². The van der Waals surface area contributed by atoms with Gasteiger partial charge in [0.1, 0.15) is 20.2 Å². The number of aryl methyl sites for hydroxylation is 1. The molecule has 0 aliphatic carbocycles. The summed E-state index contributed by atoms with van der Waals surface area (Å²) in [4.78, 5) is 24.3. The van der Waals surface area contributed by atoms with Gasteiger partial charge in [-0.2, -0.15) is 0 Å². The number of hydrogen-bond donors (Lipinski definition) is 0. The molecule has 177 valence electrons. The van der Waals surface area contributed by atoms with Crippen LogP contribution in [0.3, 0.4) is 0 Å². The largest absolute Gasteiger partial charge is 3.00 e. The first-order chi connectivity index (χ1) is 15.2. The fourth-order valence-corrected chi connectivity index (χ4v) is 3.81. The van der Waals surface area contributed by atoms with Gasteiger partial charge in [-0.3, -0.25) is 19.9 Å². The van der Waals surface area contributed by atoms with Gasteiger partial charge in [0.05, 0.1) is 20.4 Å². The monoisotopic (exact) mass is 569 g/mol. The average Bonchev–Trinajstić information content (AvgIpc) is 2.99. The van der Waals surface area contributed by atoms with Crippen LogP contribution in [0.25, 0.3) is 5.69 Å². The van der Waals surface area contributed by atoms with E-state index in [1.165, 1.54) is 19.1 Å². The zero-order valence-electron chi connectivity index (χ0n) is 17.6. The minimum Gasteiger partial charge on any atom is -0.870 e. The molecule has 2 aromatic carbocycles. The first kappa shape index (κ1) is 30.7. The van der Waals surface area contributed by atoms with E-state index < -0.39 is 57.6 Å². The number of hydrogen-bond acceptors (Lipinski definition) is 11. The molecular weight excluding hydrogens is 559 g/mol. The summed E-state index contributed by atoms with van der Waals surface area (Å²) in [5.74, 6) is -1.40. The summed E-state index contributed by atoms with van der Waals surface area (Å²) in [5, 5.41) is 27.2. The number of aliphatic imine (C=N–C) groups is 1. The summed E-state index contributed by atoms with van der Waals surface area (Å²) < 4.78 is 68.2. The molecule has 0 atom stereocenters. The molecule has 1 aromatic heterocycles. The Morgan fingerprint density at radius 1 is 1.09 bits per heavy atom. The summed E-state index contributed by atoms with van der Waals surface area (Å²) in [5.41, 5.74) is -2.80. The number of benzene rings is 2. The van der Waals surface area contributed by atoms with Crippen LogP contribution in [-0.4, -0.2) is 41.8 Å². The minimum atomic E-state index is -5.35. The summed E-state index contributed by atoms with van der Waals surface area (Å²) in [6.07, 6.45) is 0.789. The van der Waals surface area contributed by atoms with Crippen molar-refractivity contribution in [2.24, 2.45) is 4.99 Å². The quantitative estimate of drug-likeness (QED) is 0.0936. The van der Waals surface area contributed by atoms with E-state index >= 15 is 0 Å². The summed E-state index contributed by atoms with van der Waals surface area (Å²) in [6, 6.07) is 5.38. The Bertz CT molecular complexity index is 1600. The van der Waals surface area contributed by atoms with Gasteiger partial charge < -0.3 is 24.0 Å². The van der Waals surface area contributed by atoms with Crippen LogP contribution in [0.1, 0.15) is 11.3 Å². The summed E-state index contributed by atoms with van der Waals surface area (Å²) in [6.45, 7) is 1.35. The molecule has 1 radical (unpaired) electrons. The number of aromatic nitrogens is 2. The maximum atomic E-state index is 12.7. The van der Waals surface area contributed by atoms with Crippen molar-refractivity contribution in [2.45, 2.75) is 16.7 Å². The maximum absolute atomic E-state index is 12.7. The molecule has 0 N–H and O–H groups in total. The number of rotatable bonds is 6. The second kappa shape index (κ2) is 11.2. The maximum Gasteiger partial charge on any atom is 3.00 e. The van der Waals surface area contributed by atoms with Crippen molar-refractivity contribution in [3.63, 3.8) is 0 Å². The van der Waals surface area contributed by atoms with Gasteiger partial charge in [-0.05, 0) is 18.2 Å². The predicted molar refractivity (Wildman–Crippen MR) is 106 cm³/mol. The van der Waals surface area contributed by atoms with Crippen LogP contribution in [0.4, 0.5) is 11.4 Å². The Hall–Kier alpha value is -2.33. The van der Waals surface area contributed by atoms with Gasteiger partial charge in [0.25, 0.3) is 5.69 Å². The first-order valence-electron chi connectivity index (χ1n) is 8.52. The molecule has 0 spiro atoms. The normalized spacial score (nSPS) is 11.6. The molecule has 35 heavy (non-hydrogen) atoms. The van der Waals surface area contributed by atoms with E-state index in [1.807, 2.05) is 0 Å². The Morgan fingerprint density at radius 2 is 1.71 bits per heavy atom. The molecule has 14 nitrogen and oxygen atoms in total. The van der Waals surface area contributed by atoms with Crippen molar-refractivity contribution in [3.05, 3.63) is 68.1 Å². The van der Waals surface area contributed by atoms with Crippen LogP contribution in [-0.2, 0) is 37.6 Å². The summed E-state index contributed by atoms with van der Waals surface area (Å²) in [7, 11) is -10.2. The fourth-order valence-electron chi connectivity index (χ4n) is 2.71. The van der Waals surface area contributed by atoms with Gasteiger partial charge in [-0.25, -0.2) is 16.8 Å². The fraction of sp³-hybridized carbons (Fsp3) is 0.0588. The average molecular weight is 569 g/mol. The zero-order valence-corrected chi connectivity index (χ0v) is 22.5. The molecule has 0 fully saturated rings. The van der Waals surface area contributed by atoms with Crippen LogP contribution in [0, 0.1) is 17.0 Å². The molecule has 0 saturated carbocycles. The van der Waals surface area contributed by atoms with Gasteiger partial charge in [0, 0.05) is 29.6 Å². The van der Waals surface area contributed by atoms with Crippen LogP contribution in [0.5, 0.6) is 5.75 Å². The number of nitrogens with zero attached hydrogens (tertiary/aromatic N) is 4. The number of non-ortho nitro benzene ring substituents is 1. The van der Waals surface area contributed by atoms with Crippen molar-refractivity contribution in [1.82, 2.24) is 9.78 Å². The SMILES string of the molecule is Cc1[n-]n(-c2cccc(S(=O)(=O)[O-])c2)c(=O)c1C=Nc1cc([N+](=O)[O-])cc(S(=O)(=O)[O-])c1[O-].[Cr+3].[Na+]. The van der Waals surface area contributed by atoms with Crippen molar-refractivity contribution in [2.75, 3.05) is 0 Å². The Labute approximate surface area is 230 Å². The van der Waals surface area contributed by atoms with Crippen molar-refractivity contribution < 1.29 is 82.9 Å². The van der Waals surface area contributed by atoms with E-state index in [4.69, 9.17) is 0 Å². The van der Waals surface area contributed by atoms with Crippen molar-refractivity contribution in [1.29, 1.82) is 0 Å². The zero-order chi connectivity index (χ0) is 24.7. The van der Waals surface area contributed by atoms with Crippen molar-refractivity contribution >= 4 is 37.8 Å². The second-order valence-electron chi connectivity index (χ2n) is 6.43. The molecule has 0 aliphatic heterocycles. The van der Waals surface area contributed by atoms with E-state index in [0.717, 1.165) is 23.0 Å². The van der Waals surface area contributed by atoms with Crippen LogP contribution in [0.15, 0.2) is 56.0 Å². The Kier molecular flexibility index (Phi) is 9.79. The van der Waals surface area contributed by atoms with Crippen molar-refractivity contribution in [3.8, 4) is 11.4 Å². The topological polar surface area (TPSA) is 229 Å². The molecule has 1 heterocycles. The molecule has 0 bridgehead atoms. The molecule has 3 aromatic rings. The Morgan fingerprint density at radius 3 is 2.26 bits per heavy atom. The number of nitro groups is 1. The second-order valence-corrected chi connectivity index (χ2v) is 9.16. The van der Waals surface area contributed by atoms with E-state index in [9.17, 15) is 46.0 Å². The predicted octanol–water partition coefficient (Wildman–Crippen LogP) is -3.35. The van der Waals surface area contributed by atoms with Crippen LogP contribution < -0.4 is 45.3 Å². The van der Waals surface area contributed by atoms with Gasteiger partial charge >= 0.3 is 46.9 Å². The summed E-state index contributed by atoms with van der Waals surface area (Å²) >= 11 is 0. The molecule has 0 aliphatic rings. The third-order valence-corrected chi connectivity index (χ3v) is 5.92. The molecular formula is C17H10CrN4NaO10S2. The minimum absolute atomic E-state index is 0. The number of nitro benzene ring substituents is 1. The van der Waals surface area contributed by atoms with Crippen LogP contribution >= 0.6 is 0 Å². The molecule has 3 rings (SSSR count). The Balaban J connectivity index is 0.00000306. The van der Waals surface area contributed by atoms with Crippen LogP contribution in [0.2, 0.25) is 0 Å². The third-order valence-electron chi connectivity index (χ3n) is 4.25. The smallest absolute Gasteiger partial charge is 0.870 e. The van der Waals surface area contributed by atoms with Gasteiger partial charge in [-0.15, -0.1) is 5.69 Å². The first-order valence-corrected chi connectivity index (χ1v) is 11.3. The van der Waals surface area contributed by atoms with Gasteiger partial charge in [0.2, 0.25) is 5.56 Å². The van der Waals surface area contributed by atoms with E-state index in [-0.39, 0.29) is 63.9 Å². The van der Waals surface area contributed by atoms with E-state index in [2.05, 4.69) is 10.1 Å². The van der Waals surface area contributed by atoms with E-state index in [0.29, 0.717) is 12.1 Å². The third kappa shape index (κ3) is 6.67. The van der Waals surface area contributed by atoms with E-state index in [1.54, 1.807) is 0 Å². The molecule has 18 heteroatoms. The molecule has 0 saturated heterocycles. The van der Waals surface area contributed by atoms with Gasteiger partial charge in [0.15, 0.2) is 0 Å². The molecule has 0 amide bonds. The molecule has 0 unspecified atom stereocenters. The standard InChI is InChI=1S/C17H14N4O10S2.Cr.Na/c1-9-13(17(23)20(19-9)10-3-2-4-12(5-10)32(26,27)28)8-18-14-6-11(21(24)25)7-15(16(14)22)33(29,30)31;;/h2-8H,1H3,(H4,18,19,22,23,26,27,28,29,30,31);;/q;+3;+1/p-4.